The van der Waals surface area contributed by atoms with E-state index in [0.29, 0.717) is 0 Å². The molecule has 1 spiro atoms. The van der Waals surface area contributed by atoms with Crippen molar-refractivity contribution in [1.29, 1.82) is 0 Å². The summed E-state index contributed by atoms with van der Waals surface area (Å²) in [5, 5.41) is 10.9. The summed E-state index contributed by atoms with van der Waals surface area (Å²) < 4.78 is 0. The molecule has 0 saturated heterocycles. The molecular weight excluding hydrogens is 232 g/mol. The van der Waals surface area contributed by atoms with Gasteiger partial charge in [0.25, 0.3) is 0 Å². The molecular formula is C18H18O. The molecule has 19 heavy (non-hydrogen) atoms. The fraction of sp³-hybridized carbons (Fsp3) is 0.333. The van der Waals surface area contributed by atoms with Crippen molar-refractivity contribution >= 4 is 0 Å². The van der Waals surface area contributed by atoms with Crippen LogP contribution in [0.3, 0.4) is 0 Å². The molecule has 1 nitrogen and oxygen atoms in total. The van der Waals surface area contributed by atoms with Crippen LogP contribution in [0.15, 0.2) is 48.5 Å². The van der Waals surface area contributed by atoms with E-state index in [1.165, 1.54) is 16.7 Å². The van der Waals surface area contributed by atoms with E-state index in [1.54, 1.807) is 0 Å². The molecule has 2 aromatic carbocycles. The summed E-state index contributed by atoms with van der Waals surface area (Å²) in [5.41, 5.74) is 5.39. The summed E-state index contributed by atoms with van der Waals surface area (Å²) in [6.45, 7) is 0. The summed E-state index contributed by atoms with van der Waals surface area (Å²) >= 11 is 0. The molecule has 0 saturated carbocycles. The molecule has 0 radical (unpaired) electrons. The maximum atomic E-state index is 10.9. The highest BCUT2D eigenvalue weighted by atomic mass is 16.3. The molecule has 4 rings (SSSR count). The van der Waals surface area contributed by atoms with Crippen molar-refractivity contribution in [1.82, 2.24) is 0 Å². The highest BCUT2D eigenvalue weighted by molar-refractivity contribution is 5.40. The van der Waals surface area contributed by atoms with Gasteiger partial charge in [0, 0.05) is 5.41 Å². The first-order chi connectivity index (χ1) is 9.28. The fourth-order valence-corrected chi connectivity index (χ4v) is 3.97. The average Bonchev–Trinajstić information content (AvgIpc) is 2.83. The third kappa shape index (κ3) is 1.58. The molecule has 0 aliphatic heterocycles. The first-order valence-corrected chi connectivity index (χ1v) is 7.11. The zero-order chi connectivity index (χ0) is 12.9. The van der Waals surface area contributed by atoms with Gasteiger partial charge in [0.1, 0.15) is 0 Å². The Morgan fingerprint density at radius 3 is 2.11 bits per heavy atom. The highest BCUT2D eigenvalue weighted by Crippen LogP contribution is 2.52. The molecule has 2 aliphatic rings. The van der Waals surface area contributed by atoms with E-state index in [-0.39, 0.29) is 11.5 Å². The molecule has 1 N–H and O–H groups in total. The van der Waals surface area contributed by atoms with Gasteiger partial charge in [0.15, 0.2) is 0 Å². The van der Waals surface area contributed by atoms with E-state index < -0.39 is 0 Å². The number of hydrogen-bond donors (Lipinski definition) is 1. The zero-order valence-corrected chi connectivity index (χ0v) is 11.0. The molecule has 2 aromatic rings. The fourth-order valence-electron chi connectivity index (χ4n) is 3.97. The summed E-state index contributed by atoms with van der Waals surface area (Å²) in [5.74, 6) is 0. The van der Waals surface area contributed by atoms with Gasteiger partial charge in [-0.05, 0) is 47.9 Å². The largest absolute Gasteiger partial charge is 0.388 e. The smallest absolute Gasteiger partial charge is 0.0855 e. The molecule has 2 aliphatic carbocycles. The van der Waals surface area contributed by atoms with Gasteiger partial charge in [-0.1, -0.05) is 48.5 Å². The first-order valence-electron chi connectivity index (χ1n) is 7.11. The van der Waals surface area contributed by atoms with Gasteiger partial charge in [0.2, 0.25) is 0 Å². The second-order valence-corrected chi connectivity index (χ2v) is 6.09. The Balaban J connectivity index is 1.76. The Bertz CT molecular complexity index is 604. The van der Waals surface area contributed by atoms with Crippen LogP contribution in [-0.4, -0.2) is 5.11 Å². The van der Waals surface area contributed by atoms with Gasteiger partial charge in [0.05, 0.1) is 6.10 Å². The van der Waals surface area contributed by atoms with Crippen molar-refractivity contribution in [3.63, 3.8) is 0 Å². The lowest BCUT2D eigenvalue weighted by molar-refractivity contribution is 0.0139. The summed E-state index contributed by atoms with van der Waals surface area (Å²) in [7, 11) is 0. The van der Waals surface area contributed by atoms with Crippen molar-refractivity contribution in [2.75, 3.05) is 0 Å². The molecule has 96 valence electrons. The van der Waals surface area contributed by atoms with E-state index in [0.717, 1.165) is 31.2 Å². The second kappa shape index (κ2) is 3.94. The molecule has 0 bridgehead atoms. The van der Waals surface area contributed by atoms with Crippen LogP contribution in [0.5, 0.6) is 0 Å². The first kappa shape index (κ1) is 11.2. The Labute approximate surface area is 113 Å². The van der Waals surface area contributed by atoms with Crippen LogP contribution in [-0.2, 0) is 19.3 Å². The number of aliphatic hydroxyl groups excluding tert-OH is 1. The van der Waals surface area contributed by atoms with Crippen LogP contribution in [0.4, 0.5) is 0 Å². The molecule has 0 amide bonds. The van der Waals surface area contributed by atoms with Crippen molar-refractivity contribution in [2.24, 2.45) is 5.41 Å². The maximum Gasteiger partial charge on any atom is 0.0855 e. The standard InChI is InChI=1S/C18H18O/c19-17-16-8-4-3-5-13(16)9-10-18(17)11-14-6-1-2-7-15(14)12-18/h1-8,17,19H,9-12H2/t17-/m0/s1. The highest BCUT2D eigenvalue weighted by Gasteiger charge is 2.46. The molecule has 0 fully saturated rings. The third-order valence-electron chi connectivity index (χ3n) is 5.03. The van der Waals surface area contributed by atoms with Gasteiger partial charge in [-0.3, -0.25) is 0 Å². The van der Waals surface area contributed by atoms with Crippen molar-refractivity contribution in [3.8, 4) is 0 Å². The Hall–Kier alpha value is -1.60. The van der Waals surface area contributed by atoms with Crippen LogP contribution < -0.4 is 0 Å². The Kier molecular flexibility index (Phi) is 2.33. The minimum absolute atomic E-state index is 0.0397. The van der Waals surface area contributed by atoms with Gasteiger partial charge >= 0.3 is 0 Å². The molecule has 0 heterocycles. The number of fused-ring (bicyclic) bond motifs is 2. The summed E-state index contributed by atoms with van der Waals surface area (Å²) in [6.07, 6.45) is 3.93. The lowest BCUT2D eigenvalue weighted by Crippen LogP contribution is -2.34. The predicted molar refractivity (Wildman–Crippen MR) is 76.0 cm³/mol. The summed E-state index contributed by atoms with van der Waals surface area (Å²) in [4.78, 5) is 0. The number of aryl methyl sites for hydroxylation is 1. The van der Waals surface area contributed by atoms with Gasteiger partial charge in [-0.15, -0.1) is 0 Å². The quantitative estimate of drug-likeness (QED) is 0.759. The second-order valence-electron chi connectivity index (χ2n) is 6.09. The van der Waals surface area contributed by atoms with Crippen LogP contribution in [0, 0.1) is 5.41 Å². The molecule has 0 aromatic heterocycles. The van der Waals surface area contributed by atoms with Gasteiger partial charge in [-0.2, -0.15) is 0 Å². The lowest BCUT2D eigenvalue weighted by atomic mass is 9.67. The van der Waals surface area contributed by atoms with E-state index >= 15 is 0 Å². The topological polar surface area (TPSA) is 20.2 Å². The average molecular weight is 250 g/mol. The van der Waals surface area contributed by atoms with Crippen LogP contribution in [0.2, 0.25) is 0 Å². The predicted octanol–water partition coefficient (Wildman–Crippen LogP) is 3.45. The monoisotopic (exact) mass is 250 g/mol. The number of aliphatic hydroxyl groups is 1. The van der Waals surface area contributed by atoms with Crippen molar-refractivity contribution in [2.45, 2.75) is 31.8 Å². The van der Waals surface area contributed by atoms with Crippen LogP contribution >= 0.6 is 0 Å². The lowest BCUT2D eigenvalue weighted by Gasteiger charge is -2.39. The van der Waals surface area contributed by atoms with Crippen LogP contribution in [0.25, 0.3) is 0 Å². The maximum absolute atomic E-state index is 10.9. The van der Waals surface area contributed by atoms with Gasteiger partial charge in [-0.25, -0.2) is 0 Å². The summed E-state index contributed by atoms with van der Waals surface area (Å²) in [6, 6.07) is 17.0. The van der Waals surface area contributed by atoms with Crippen LogP contribution in [0.1, 0.15) is 34.8 Å². The molecule has 1 heteroatoms. The molecule has 1 atom stereocenters. The van der Waals surface area contributed by atoms with Gasteiger partial charge < -0.3 is 5.11 Å². The SMILES string of the molecule is O[C@H]1c2ccccc2CCC12Cc1ccccc1C2. The number of hydrogen-bond acceptors (Lipinski definition) is 1. The minimum atomic E-state index is -0.315. The van der Waals surface area contributed by atoms with Crippen molar-refractivity contribution < 1.29 is 5.11 Å². The third-order valence-corrected chi connectivity index (χ3v) is 5.03. The van der Waals surface area contributed by atoms with E-state index in [9.17, 15) is 5.11 Å². The van der Waals surface area contributed by atoms with E-state index in [4.69, 9.17) is 0 Å². The normalized spacial score (nSPS) is 23.1. The Morgan fingerprint density at radius 2 is 1.42 bits per heavy atom. The minimum Gasteiger partial charge on any atom is -0.388 e. The van der Waals surface area contributed by atoms with E-state index in [2.05, 4.69) is 42.5 Å². The van der Waals surface area contributed by atoms with Crippen molar-refractivity contribution in [3.05, 3.63) is 70.8 Å². The van der Waals surface area contributed by atoms with E-state index in [1.807, 2.05) is 6.07 Å². The molecule has 0 unspecified atom stereocenters. The Morgan fingerprint density at radius 1 is 0.842 bits per heavy atom. The zero-order valence-electron chi connectivity index (χ0n) is 11.0. The number of rotatable bonds is 0. The number of benzene rings is 2.